The van der Waals surface area contributed by atoms with Crippen molar-refractivity contribution in [3.63, 3.8) is 0 Å². The summed E-state index contributed by atoms with van der Waals surface area (Å²) in [4.78, 5) is 2.69. The minimum atomic E-state index is 0.687. The molecule has 16 heavy (non-hydrogen) atoms. The molecule has 2 atom stereocenters. The molecule has 2 heteroatoms. The van der Waals surface area contributed by atoms with E-state index in [9.17, 15) is 0 Å². The zero-order valence-electron chi connectivity index (χ0n) is 11.6. The molecule has 2 nitrogen and oxygen atoms in total. The van der Waals surface area contributed by atoms with Gasteiger partial charge in [0.2, 0.25) is 0 Å². The number of nitrogens with zero attached hydrogens (tertiary/aromatic N) is 1. The van der Waals surface area contributed by atoms with Gasteiger partial charge in [-0.15, -0.1) is 0 Å². The fraction of sp³-hybridized carbons (Fsp3) is 1.00. The van der Waals surface area contributed by atoms with Crippen molar-refractivity contribution in [1.29, 1.82) is 0 Å². The highest BCUT2D eigenvalue weighted by Crippen LogP contribution is 2.13. The van der Waals surface area contributed by atoms with Gasteiger partial charge in [0.1, 0.15) is 0 Å². The maximum Gasteiger partial charge on any atom is 0.00510 e. The molecule has 1 heterocycles. The van der Waals surface area contributed by atoms with Crippen LogP contribution in [0.15, 0.2) is 0 Å². The fourth-order valence-electron chi connectivity index (χ4n) is 2.56. The van der Waals surface area contributed by atoms with Crippen LogP contribution in [-0.4, -0.2) is 37.1 Å². The highest BCUT2D eigenvalue weighted by molar-refractivity contribution is 4.75. The average molecular weight is 226 g/mol. The van der Waals surface area contributed by atoms with E-state index in [4.69, 9.17) is 0 Å². The molecule has 0 aromatic carbocycles. The van der Waals surface area contributed by atoms with Gasteiger partial charge in [-0.3, -0.25) is 0 Å². The molecule has 0 amide bonds. The Morgan fingerprint density at radius 2 is 1.94 bits per heavy atom. The van der Waals surface area contributed by atoms with Gasteiger partial charge in [0.15, 0.2) is 0 Å². The molecule has 0 bridgehead atoms. The summed E-state index contributed by atoms with van der Waals surface area (Å²) in [5.74, 6) is 1.69. The molecule has 0 spiro atoms. The third-order valence-electron chi connectivity index (χ3n) is 3.93. The summed E-state index contributed by atoms with van der Waals surface area (Å²) in [6, 6.07) is 0.687. The lowest BCUT2D eigenvalue weighted by molar-refractivity contribution is 0.172. The third-order valence-corrected chi connectivity index (χ3v) is 3.93. The lowest BCUT2D eigenvalue weighted by Crippen LogP contribution is -2.43. The topological polar surface area (TPSA) is 15.3 Å². The van der Waals surface area contributed by atoms with Crippen molar-refractivity contribution in [2.75, 3.05) is 26.2 Å². The van der Waals surface area contributed by atoms with E-state index in [1.54, 1.807) is 0 Å². The van der Waals surface area contributed by atoms with Crippen LogP contribution in [0.25, 0.3) is 0 Å². The first-order chi connectivity index (χ1) is 7.65. The molecule has 0 aromatic heterocycles. The van der Waals surface area contributed by atoms with Gasteiger partial charge in [-0.1, -0.05) is 33.6 Å². The van der Waals surface area contributed by atoms with Crippen molar-refractivity contribution in [1.82, 2.24) is 10.2 Å². The molecule has 0 saturated carbocycles. The third kappa shape index (κ3) is 4.84. The van der Waals surface area contributed by atoms with Gasteiger partial charge in [0, 0.05) is 19.1 Å². The lowest BCUT2D eigenvalue weighted by Gasteiger charge is -2.33. The zero-order valence-corrected chi connectivity index (χ0v) is 11.6. The van der Waals surface area contributed by atoms with Crippen molar-refractivity contribution in [2.45, 2.75) is 53.0 Å². The molecule has 96 valence electrons. The Hall–Kier alpha value is -0.0800. The molecule has 1 aliphatic rings. The monoisotopic (exact) mass is 226 g/mol. The fourth-order valence-corrected chi connectivity index (χ4v) is 2.56. The highest BCUT2D eigenvalue weighted by atomic mass is 15.1. The van der Waals surface area contributed by atoms with Crippen LogP contribution in [0.4, 0.5) is 0 Å². The second-order valence-corrected chi connectivity index (χ2v) is 5.65. The molecule has 1 rings (SSSR count). The van der Waals surface area contributed by atoms with Crippen LogP contribution in [0.2, 0.25) is 0 Å². The Balaban J connectivity index is 2.43. The first kappa shape index (κ1) is 14.0. The van der Waals surface area contributed by atoms with Gasteiger partial charge in [0.05, 0.1) is 0 Å². The lowest BCUT2D eigenvalue weighted by atomic mass is 10.0. The molecule has 1 N–H and O–H groups in total. The van der Waals surface area contributed by atoms with Gasteiger partial charge in [0.25, 0.3) is 0 Å². The second kappa shape index (κ2) is 7.29. The van der Waals surface area contributed by atoms with E-state index in [0.29, 0.717) is 6.04 Å². The molecule has 0 aliphatic carbocycles. The van der Waals surface area contributed by atoms with Crippen LogP contribution in [0.5, 0.6) is 0 Å². The number of rotatable bonds is 4. The summed E-state index contributed by atoms with van der Waals surface area (Å²) in [6.45, 7) is 14.4. The van der Waals surface area contributed by atoms with Crippen LogP contribution >= 0.6 is 0 Å². The van der Waals surface area contributed by atoms with E-state index in [1.165, 1.54) is 45.4 Å². The average Bonchev–Trinajstić information content (AvgIpc) is 2.28. The SMILES string of the molecule is CCC(CC)CN1CCC(C)NCC(C)C1. The van der Waals surface area contributed by atoms with Crippen molar-refractivity contribution >= 4 is 0 Å². The predicted octanol–water partition coefficient (Wildman–Crippen LogP) is 2.74. The molecule has 1 fully saturated rings. The van der Waals surface area contributed by atoms with E-state index < -0.39 is 0 Å². The van der Waals surface area contributed by atoms with Gasteiger partial charge in [-0.05, 0) is 38.3 Å². The van der Waals surface area contributed by atoms with E-state index in [1.807, 2.05) is 0 Å². The molecule has 1 aliphatic heterocycles. The van der Waals surface area contributed by atoms with Crippen LogP contribution in [0.1, 0.15) is 47.0 Å². The maximum atomic E-state index is 3.61. The Kier molecular flexibility index (Phi) is 6.37. The minimum Gasteiger partial charge on any atom is -0.314 e. The zero-order chi connectivity index (χ0) is 12.0. The summed E-state index contributed by atoms with van der Waals surface area (Å²) >= 11 is 0. The standard InChI is InChI=1S/C14H30N2/c1-5-14(6-2)11-16-8-7-13(4)15-9-12(3)10-16/h12-15H,5-11H2,1-4H3. The van der Waals surface area contributed by atoms with E-state index in [0.717, 1.165) is 11.8 Å². The largest absolute Gasteiger partial charge is 0.314 e. The first-order valence-electron chi connectivity index (χ1n) is 7.11. The highest BCUT2D eigenvalue weighted by Gasteiger charge is 2.18. The van der Waals surface area contributed by atoms with Gasteiger partial charge in [-0.2, -0.15) is 0 Å². The normalized spacial score (nSPS) is 29.1. The number of hydrogen-bond donors (Lipinski definition) is 1. The van der Waals surface area contributed by atoms with Crippen LogP contribution in [0.3, 0.4) is 0 Å². The summed E-state index contributed by atoms with van der Waals surface area (Å²) in [5, 5.41) is 3.61. The Morgan fingerprint density at radius 1 is 1.25 bits per heavy atom. The predicted molar refractivity (Wildman–Crippen MR) is 71.8 cm³/mol. The number of nitrogens with one attached hydrogen (secondary N) is 1. The summed E-state index contributed by atoms with van der Waals surface area (Å²) in [6.07, 6.45) is 3.96. The molecule has 0 aromatic rings. The Bertz CT molecular complexity index is 178. The Morgan fingerprint density at radius 3 is 2.56 bits per heavy atom. The molecule has 2 unspecified atom stereocenters. The van der Waals surface area contributed by atoms with Crippen molar-refractivity contribution in [3.8, 4) is 0 Å². The van der Waals surface area contributed by atoms with Gasteiger partial charge < -0.3 is 10.2 Å². The molecule has 1 saturated heterocycles. The Labute approximate surface area is 102 Å². The van der Waals surface area contributed by atoms with Crippen LogP contribution in [0, 0.1) is 11.8 Å². The van der Waals surface area contributed by atoms with Crippen LogP contribution in [-0.2, 0) is 0 Å². The summed E-state index contributed by atoms with van der Waals surface area (Å²) in [5.41, 5.74) is 0. The van der Waals surface area contributed by atoms with E-state index >= 15 is 0 Å². The molecule has 0 radical (unpaired) electrons. The van der Waals surface area contributed by atoms with Gasteiger partial charge in [-0.25, -0.2) is 0 Å². The summed E-state index contributed by atoms with van der Waals surface area (Å²) in [7, 11) is 0. The van der Waals surface area contributed by atoms with Crippen LogP contribution < -0.4 is 5.32 Å². The molecular weight excluding hydrogens is 196 g/mol. The maximum absolute atomic E-state index is 3.61. The van der Waals surface area contributed by atoms with E-state index in [2.05, 4.69) is 37.9 Å². The van der Waals surface area contributed by atoms with Crippen molar-refractivity contribution < 1.29 is 0 Å². The number of hydrogen-bond acceptors (Lipinski definition) is 2. The van der Waals surface area contributed by atoms with Crippen molar-refractivity contribution in [3.05, 3.63) is 0 Å². The van der Waals surface area contributed by atoms with Gasteiger partial charge >= 0.3 is 0 Å². The molecular formula is C14H30N2. The summed E-state index contributed by atoms with van der Waals surface area (Å²) < 4.78 is 0. The minimum absolute atomic E-state index is 0.687. The van der Waals surface area contributed by atoms with E-state index in [-0.39, 0.29) is 0 Å². The smallest absolute Gasteiger partial charge is 0.00510 e. The quantitative estimate of drug-likeness (QED) is 0.793. The van der Waals surface area contributed by atoms with Crippen molar-refractivity contribution in [2.24, 2.45) is 11.8 Å². The second-order valence-electron chi connectivity index (χ2n) is 5.65. The first-order valence-corrected chi connectivity index (χ1v) is 7.11.